The summed E-state index contributed by atoms with van der Waals surface area (Å²) in [6, 6.07) is 8.69. The van der Waals surface area contributed by atoms with Gasteiger partial charge in [0.2, 0.25) is 15.9 Å². The summed E-state index contributed by atoms with van der Waals surface area (Å²) in [5, 5.41) is 13.6. The van der Waals surface area contributed by atoms with E-state index in [0.717, 1.165) is 12.1 Å². The quantitative estimate of drug-likeness (QED) is 0.470. The predicted molar refractivity (Wildman–Crippen MR) is 117 cm³/mol. The van der Waals surface area contributed by atoms with Gasteiger partial charge >= 0.3 is 0 Å². The zero-order valence-electron chi connectivity index (χ0n) is 17.8. The van der Waals surface area contributed by atoms with Crippen LogP contribution < -0.4 is 14.8 Å². The largest absolute Gasteiger partial charge is 0.493 e. The molecule has 2 aromatic carbocycles. The van der Waals surface area contributed by atoms with E-state index in [1.807, 2.05) is 6.92 Å². The number of non-ortho nitro benzene ring substituents is 1. The molecule has 1 heterocycles. The summed E-state index contributed by atoms with van der Waals surface area (Å²) in [7, 11) is -2.52. The number of nitro benzene ring substituents is 1. The van der Waals surface area contributed by atoms with E-state index in [2.05, 4.69) is 5.32 Å². The van der Waals surface area contributed by atoms with Gasteiger partial charge in [-0.25, -0.2) is 8.42 Å². The monoisotopic (exact) mass is 463 g/mol. The predicted octanol–water partition coefficient (Wildman–Crippen LogP) is 3.18. The SMILES string of the molecule is CCOc1ccc(NC(=O)C2CCCCN2S(=O)(=O)c2ccc([N+](=O)[O-])cc2)cc1OC. The number of anilines is 1. The number of sulfonamides is 1. The summed E-state index contributed by atoms with van der Waals surface area (Å²) >= 11 is 0. The van der Waals surface area contributed by atoms with Crippen molar-refractivity contribution >= 4 is 27.3 Å². The Morgan fingerprint density at radius 2 is 1.91 bits per heavy atom. The molecule has 1 N–H and O–H groups in total. The fourth-order valence-electron chi connectivity index (χ4n) is 3.58. The molecule has 10 nitrogen and oxygen atoms in total. The molecule has 0 bridgehead atoms. The first-order valence-electron chi connectivity index (χ1n) is 10.2. The van der Waals surface area contributed by atoms with E-state index in [4.69, 9.17) is 9.47 Å². The number of nitro groups is 1. The normalized spacial score (nSPS) is 16.9. The van der Waals surface area contributed by atoms with Crippen molar-refractivity contribution in [1.82, 2.24) is 4.31 Å². The lowest BCUT2D eigenvalue weighted by molar-refractivity contribution is -0.384. The number of hydrogen-bond acceptors (Lipinski definition) is 7. The number of amides is 1. The van der Waals surface area contributed by atoms with Crippen LogP contribution in [0.25, 0.3) is 0 Å². The van der Waals surface area contributed by atoms with Crippen molar-refractivity contribution in [3.8, 4) is 11.5 Å². The number of ether oxygens (including phenoxy) is 2. The van der Waals surface area contributed by atoms with Crippen LogP contribution in [0.15, 0.2) is 47.4 Å². The number of piperidine rings is 1. The molecule has 1 aliphatic rings. The summed E-state index contributed by atoms with van der Waals surface area (Å²) in [6.45, 7) is 2.49. The number of nitrogens with one attached hydrogen (secondary N) is 1. The highest BCUT2D eigenvalue weighted by Crippen LogP contribution is 2.31. The molecule has 0 aliphatic carbocycles. The molecule has 0 aromatic heterocycles. The molecule has 2 aromatic rings. The van der Waals surface area contributed by atoms with Gasteiger partial charge in [0, 0.05) is 30.4 Å². The van der Waals surface area contributed by atoms with Crippen molar-refractivity contribution in [2.45, 2.75) is 37.1 Å². The van der Waals surface area contributed by atoms with Gasteiger partial charge in [-0.2, -0.15) is 4.31 Å². The first kappa shape index (κ1) is 23.5. The Hall–Kier alpha value is -3.18. The first-order valence-corrected chi connectivity index (χ1v) is 11.6. The topological polar surface area (TPSA) is 128 Å². The third-order valence-corrected chi connectivity index (χ3v) is 7.06. The maximum absolute atomic E-state index is 13.2. The van der Waals surface area contributed by atoms with Gasteiger partial charge in [-0.3, -0.25) is 14.9 Å². The van der Waals surface area contributed by atoms with Crippen LogP contribution in [0.4, 0.5) is 11.4 Å². The molecule has 1 atom stereocenters. The van der Waals surface area contributed by atoms with E-state index in [9.17, 15) is 23.3 Å². The third kappa shape index (κ3) is 5.00. The Bertz CT molecular complexity index is 1090. The third-order valence-electron chi connectivity index (χ3n) is 5.14. The lowest BCUT2D eigenvalue weighted by Gasteiger charge is -2.33. The zero-order chi connectivity index (χ0) is 23.3. The Kier molecular flexibility index (Phi) is 7.31. The maximum atomic E-state index is 13.2. The van der Waals surface area contributed by atoms with Gasteiger partial charge in [-0.05, 0) is 44.0 Å². The van der Waals surface area contributed by atoms with E-state index in [1.54, 1.807) is 18.2 Å². The molecule has 1 amide bonds. The summed E-state index contributed by atoms with van der Waals surface area (Å²) in [4.78, 5) is 23.2. The van der Waals surface area contributed by atoms with Crippen LogP contribution in [-0.2, 0) is 14.8 Å². The lowest BCUT2D eigenvalue weighted by Crippen LogP contribution is -2.49. The average molecular weight is 464 g/mol. The minimum Gasteiger partial charge on any atom is -0.493 e. The molecule has 0 spiro atoms. The number of nitrogens with zero attached hydrogens (tertiary/aromatic N) is 2. The highest BCUT2D eigenvalue weighted by atomic mass is 32.2. The summed E-state index contributed by atoms with van der Waals surface area (Å²) in [6.07, 6.45) is 1.69. The number of hydrogen-bond donors (Lipinski definition) is 1. The molecule has 11 heteroatoms. The van der Waals surface area contributed by atoms with Crippen LogP contribution in [0.3, 0.4) is 0 Å². The van der Waals surface area contributed by atoms with E-state index in [-0.39, 0.29) is 17.1 Å². The molecule has 1 aliphatic heterocycles. The Morgan fingerprint density at radius 3 is 2.53 bits per heavy atom. The second-order valence-electron chi connectivity index (χ2n) is 7.17. The molecule has 1 fully saturated rings. The Morgan fingerprint density at radius 1 is 1.19 bits per heavy atom. The number of benzene rings is 2. The van der Waals surface area contributed by atoms with Crippen molar-refractivity contribution in [1.29, 1.82) is 0 Å². The summed E-state index contributed by atoms with van der Waals surface area (Å²) in [5.74, 6) is 0.526. The Labute approximate surface area is 186 Å². The number of carbonyl (C=O) groups is 1. The summed E-state index contributed by atoms with van der Waals surface area (Å²) in [5.41, 5.74) is 0.245. The minimum atomic E-state index is -4.01. The zero-order valence-corrected chi connectivity index (χ0v) is 18.6. The van der Waals surface area contributed by atoms with Crippen LogP contribution in [0.1, 0.15) is 26.2 Å². The molecular formula is C21H25N3O7S. The van der Waals surface area contributed by atoms with Crippen molar-refractivity contribution in [2.75, 3.05) is 25.6 Å². The fraction of sp³-hybridized carbons (Fsp3) is 0.381. The summed E-state index contributed by atoms with van der Waals surface area (Å²) < 4.78 is 38.3. The molecule has 0 saturated carbocycles. The van der Waals surface area contributed by atoms with E-state index in [0.29, 0.717) is 43.1 Å². The van der Waals surface area contributed by atoms with E-state index >= 15 is 0 Å². The van der Waals surface area contributed by atoms with Crippen LogP contribution in [0.2, 0.25) is 0 Å². The van der Waals surface area contributed by atoms with Crippen LogP contribution in [0.5, 0.6) is 11.5 Å². The van der Waals surface area contributed by atoms with Crippen LogP contribution in [0, 0.1) is 10.1 Å². The number of rotatable bonds is 8. The highest BCUT2D eigenvalue weighted by Gasteiger charge is 2.37. The number of methoxy groups -OCH3 is 1. The van der Waals surface area contributed by atoms with Gasteiger partial charge in [-0.15, -0.1) is 0 Å². The van der Waals surface area contributed by atoms with Gasteiger partial charge in [0.15, 0.2) is 11.5 Å². The number of carbonyl (C=O) groups excluding carboxylic acids is 1. The second kappa shape index (κ2) is 9.96. The molecule has 1 saturated heterocycles. The Balaban J connectivity index is 1.82. The van der Waals surface area contributed by atoms with Crippen LogP contribution in [-0.4, -0.2) is 49.9 Å². The van der Waals surface area contributed by atoms with Crippen molar-refractivity contribution in [3.05, 3.63) is 52.6 Å². The smallest absolute Gasteiger partial charge is 0.269 e. The van der Waals surface area contributed by atoms with Crippen molar-refractivity contribution < 1.29 is 27.6 Å². The minimum absolute atomic E-state index is 0.0921. The first-order chi connectivity index (χ1) is 15.3. The van der Waals surface area contributed by atoms with Crippen molar-refractivity contribution in [2.24, 2.45) is 0 Å². The van der Waals surface area contributed by atoms with Gasteiger partial charge in [0.05, 0.1) is 23.5 Å². The molecule has 3 rings (SSSR count). The molecule has 172 valence electrons. The van der Waals surface area contributed by atoms with Crippen LogP contribution >= 0.6 is 0 Å². The van der Waals surface area contributed by atoms with Gasteiger partial charge in [0.25, 0.3) is 5.69 Å². The van der Waals surface area contributed by atoms with Gasteiger partial charge < -0.3 is 14.8 Å². The van der Waals surface area contributed by atoms with Gasteiger partial charge in [0.1, 0.15) is 6.04 Å². The van der Waals surface area contributed by atoms with E-state index < -0.39 is 26.9 Å². The van der Waals surface area contributed by atoms with Gasteiger partial charge in [-0.1, -0.05) is 6.42 Å². The second-order valence-corrected chi connectivity index (χ2v) is 9.06. The van der Waals surface area contributed by atoms with Crippen molar-refractivity contribution in [3.63, 3.8) is 0 Å². The molecule has 32 heavy (non-hydrogen) atoms. The fourth-order valence-corrected chi connectivity index (χ4v) is 5.23. The standard InChI is InChI=1S/C21H25N3O7S/c1-3-31-19-12-7-15(14-20(19)30-2)22-21(25)18-6-4-5-13-23(18)32(28,29)17-10-8-16(9-11-17)24(26)27/h7-12,14,18H,3-6,13H2,1-2H3,(H,22,25). The molecule has 0 radical (unpaired) electrons. The molecular weight excluding hydrogens is 438 g/mol. The van der Waals surface area contributed by atoms with E-state index in [1.165, 1.54) is 23.5 Å². The average Bonchev–Trinajstić information content (AvgIpc) is 2.80. The highest BCUT2D eigenvalue weighted by molar-refractivity contribution is 7.89. The molecule has 1 unspecified atom stereocenters. The maximum Gasteiger partial charge on any atom is 0.269 e. The lowest BCUT2D eigenvalue weighted by atomic mass is 10.0.